The number of nitrogens with one attached hydrogen (secondary N) is 1. The normalized spacial score (nSPS) is 22.7. The van der Waals surface area contributed by atoms with Gasteiger partial charge in [0.05, 0.1) is 17.8 Å². The van der Waals surface area contributed by atoms with Crippen LogP contribution in [0.4, 0.5) is 8.78 Å². The van der Waals surface area contributed by atoms with Crippen molar-refractivity contribution in [2.75, 3.05) is 13.1 Å². The summed E-state index contributed by atoms with van der Waals surface area (Å²) >= 11 is 0. The zero-order valence-electron chi connectivity index (χ0n) is 19.6. The molecule has 3 aromatic rings. The number of aliphatic hydroxyl groups excluding tert-OH is 1. The minimum absolute atomic E-state index is 0.126. The van der Waals surface area contributed by atoms with E-state index in [0.717, 1.165) is 18.4 Å². The van der Waals surface area contributed by atoms with E-state index in [-0.39, 0.29) is 17.3 Å². The SMILES string of the molecule is O=C(NC1CCCCC1O)c1cc(CN2CCC(F)(c3ccccn3)CC2)c2cccc(F)c2n1. The number of hydrogen-bond acceptors (Lipinski definition) is 5. The van der Waals surface area contributed by atoms with Gasteiger partial charge in [0.1, 0.15) is 17.0 Å². The van der Waals surface area contributed by atoms with Crippen molar-refractivity contribution in [2.45, 2.75) is 62.9 Å². The van der Waals surface area contributed by atoms with Crippen LogP contribution < -0.4 is 5.32 Å². The summed E-state index contributed by atoms with van der Waals surface area (Å²) in [5, 5.41) is 13.8. The van der Waals surface area contributed by atoms with Crippen molar-refractivity contribution in [2.24, 2.45) is 0 Å². The molecule has 184 valence electrons. The molecular weight excluding hydrogens is 450 g/mol. The number of carbonyl (C=O) groups excluding carboxylic acids is 1. The van der Waals surface area contributed by atoms with Gasteiger partial charge in [-0.05, 0) is 55.5 Å². The van der Waals surface area contributed by atoms with Gasteiger partial charge in [-0.2, -0.15) is 0 Å². The van der Waals surface area contributed by atoms with Crippen molar-refractivity contribution >= 4 is 16.8 Å². The fourth-order valence-corrected chi connectivity index (χ4v) is 5.24. The molecule has 0 bridgehead atoms. The Bertz CT molecular complexity index is 1200. The number of aliphatic hydroxyl groups is 1. The zero-order valence-corrected chi connectivity index (χ0v) is 19.6. The van der Waals surface area contributed by atoms with Crippen LogP contribution in [0.15, 0.2) is 48.7 Å². The Labute approximate surface area is 203 Å². The lowest BCUT2D eigenvalue weighted by atomic mass is 9.89. The Kier molecular flexibility index (Phi) is 6.75. The summed E-state index contributed by atoms with van der Waals surface area (Å²) in [6.45, 7) is 1.48. The highest BCUT2D eigenvalue weighted by Crippen LogP contribution is 2.36. The summed E-state index contributed by atoms with van der Waals surface area (Å²) in [7, 11) is 0. The molecular formula is C27H30F2N4O2. The smallest absolute Gasteiger partial charge is 0.270 e. The molecule has 2 N–H and O–H groups in total. The number of para-hydroxylation sites is 1. The first-order valence-electron chi connectivity index (χ1n) is 12.3. The van der Waals surface area contributed by atoms with Gasteiger partial charge in [0.2, 0.25) is 0 Å². The maximum Gasteiger partial charge on any atom is 0.270 e. The van der Waals surface area contributed by atoms with E-state index in [1.54, 1.807) is 42.6 Å². The second-order valence-corrected chi connectivity index (χ2v) is 9.69. The lowest BCUT2D eigenvalue weighted by Gasteiger charge is -2.36. The molecule has 35 heavy (non-hydrogen) atoms. The number of alkyl halides is 1. The molecule has 2 fully saturated rings. The van der Waals surface area contributed by atoms with E-state index < -0.39 is 23.5 Å². The number of aromatic nitrogens is 2. The Morgan fingerprint density at radius 3 is 2.69 bits per heavy atom. The second-order valence-electron chi connectivity index (χ2n) is 9.69. The Hall–Kier alpha value is -2.97. The molecule has 1 aliphatic carbocycles. The number of hydrogen-bond donors (Lipinski definition) is 2. The van der Waals surface area contributed by atoms with Gasteiger partial charge < -0.3 is 10.4 Å². The number of fused-ring (bicyclic) bond motifs is 1. The van der Waals surface area contributed by atoms with E-state index in [0.29, 0.717) is 56.4 Å². The van der Waals surface area contributed by atoms with Crippen LogP contribution in [0.5, 0.6) is 0 Å². The topological polar surface area (TPSA) is 78.4 Å². The molecule has 0 spiro atoms. The largest absolute Gasteiger partial charge is 0.391 e. The lowest BCUT2D eigenvalue weighted by molar-refractivity contribution is 0.0492. The first-order valence-corrected chi connectivity index (χ1v) is 12.3. The van der Waals surface area contributed by atoms with Gasteiger partial charge in [0.15, 0.2) is 5.67 Å². The van der Waals surface area contributed by atoms with Crippen molar-refractivity contribution in [1.82, 2.24) is 20.2 Å². The quantitative estimate of drug-likeness (QED) is 0.571. The molecule has 2 aromatic heterocycles. The molecule has 2 atom stereocenters. The molecule has 5 rings (SSSR count). The van der Waals surface area contributed by atoms with Crippen molar-refractivity contribution in [1.29, 1.82) is 0 Å². The Balaban J connectivity index is 1.37. The summed E-state index contributed by atoms with van der Waals surface area (Å²) < 4.78 is 30.2. The molecule has 0 radical (unpaired) electrons. The van der Waals surface area contributed by atoms with Crippen molar-refractivity contribution in [3.05, 3.63) is 71.4 Å². The number of amides is 1. The molecule has 6 nitrogen and oxygen atoms in total. The average molecular weight is 481 g/mol. The number of pyridine rings is 2. The van der Waals surface area contributed by atoms with Gasteiger partial charge in [-0.1, -0.05) is 31.0 Å². The van der Waals surface area contributed by atoms with Crippen molar-refractivity contribution < 1.29 is 18.7 Å². The van der Waals surface area contributed by atoms with Crippen LogP contribution in [0.2, 0.25) is 0 Å². The monoisotopic (exact) mass is 480 g/mol. The minimum Gasteiger partial charge on any atom is -0.391 e. The van der Waals surface area contributed by atoms with Crippen LogP contribution >= 0.6 is 0 Å². The second kappa shape index (κ2) is 9.95. The summed E-state index contributed by atoms with van der Waals surface area (Å²) in [6, 6.07) is 11.4. The van der Waals surface area contributed by atoms with E-state index >= 15 is 4.39 Å². The van der Waals surface area contributed by atoms with Gasteiger partial charge in [-0.25, -0.2) is 13.8 Å². The third-order valence-corrected chi connectivity index (χ3v) is 7.32. The van der Waals surface area contributed by atoms with Crippen LogP contribution in [0.25, 0.3) is 10.9 Å². The zero-order chi connectivity index (χ0) is 24.4. The lowest BCUT2D eigenvalue weighted by Crippen LogP contribution is -2.45. The molecule has 2 unspecified atom stereocenters. The van der Waals surface area contributed by atoms with Gasteiger partial charge in [0, 0.05) is 31.2 Å². The summed E-state index contributed by atoms with van der Waals surface area (Å²) in [5.41, 5.74) is 0.0362. The number of nitrogens with zero attached hydrogens (tertiary/aromatic N) is 3. The third kappa shape index (κ3) is 5.04. The highest BCUT2D eigenvalue weighted by Gasteiger charge is 2.37. The van der Waals surface area contributed by atoms with Crippen molar-refractivity contribution in [3.8, 4) is 0 Å². The number of rotatable bonds is 5. The number of piperidine rings is 1. The molecule has 2 aliphatic rings. The van der Waals surface area contributed by atoms with Gasteiger partial charge >= 0.3 is 0 Å². The first kappa shape index (κ1) is 23.8. The molecule has 3 heterocycles. The predicted molar refractivity (Wildman–Crippen MR) is 129 cm³/mol. The standard InChI is InChI=1S/C27H30F2N4O2/c28-20-7-5-6-19-18(17-33-14-11-27(29,12-15-33)24-10-3-4-13-30-24)16-22(31-25(19)20)26(35)32-21-8-1-2-9-23(21)34/h3-7,10,13,16,21,23,34H,1-2,8-9,11-12,14-15,17H2,(H,32,35). The number of carbonyl (C=O) groups is 1. The third-order valence-electron chi connectivity index (χ3n) is 7.32. The summed E-state index contributed by atoms with van der Waals surface area (Å²) in [4.78, 5) is 23.7. The van der Waals surface area contributed by atoms with E-state index in [9.17, 15) is 14.3 Å². The first-order chi connectivity index (χ1) is 16.9. The van der Waals surface area contributed by atoms with Crippen LogP contribution in [-0.2, 0) is 12.2 Å². The summed E-state index contributed by atoms with van der Waals surface area (Å²) in [6.07, 6.45) is 4.89. The van der Waals surface area contributed by atoms with E-state index in [1.807, 2.05) is 0 Å². The fraction of sp³-hybridized carbons (Fsp3) is 0.444. The van der Waals surface area contributed by atoms with E-state index in [2.05, 4.69) is 20.2 Å². The average Bonchev–Trinajstić information content (AvgIpc) is 2.88. The Morgan fingerprint density at radius 1 is 1.14 bits per heavy atom. The predicted octanol–water partition coefficient (Wildman–Crippen LogP) is 4.26. The summed E-state index contributed by atoms with van der Waals surface area (Å²) in [5.74, 6) is -0.911. The maximum atomic E-state index is 15.5. The van der Waals surface area contributed by atoms with Gasteiger partial charge in [0.25, 0.3) is 5.91 Å². The fourth-order valence-electron chi connectivity index (χ4n) is 5.24. The Morgan fingerprint density at radius 2 is 1.94 bits per heavy atom. The maximum absolute atomic E-state index is 15.5. The number of likely N-dealkylation sites (tertiary alicyclic amines) is 1. The van der Waals surface area contributed by atoms with Crippen LogP contribution in [0, 0.1) is 5.82 Å². The minimum atomic E-state index is -1.46. The van der Waals surface area contributed by atoms with Crippen molar-refractivity contribution in [3.63, 3.8) is 0 Å². The van der Waals surface area contributed by atoms with E-state index in [1.165, 1.54) is 6.07 Å². The van der Waals surface area contributed by atoms with Crippen LogP contribution in [0.3, 0.4) is 0 Å². The number of halogens is 2. The molecule has 1 aliphatic heterocycles. The molecule has 1 amide bonds. The van der Waals surface area contributed by atoms with Crippen LogP contribution in [0.1, 0.15) is 60.3 Å². The molecule has 1 aromatic carbocycles. The highest BCUT2D eigenvalue weighted by atomic mass is 19.1. The van der Waals surface area contributed by atoms with E-state index in [4.69, 9.17) is 0 Å². The van der Waals surface area contributed by atoms with Crippen LogP contribution in [-0.4, -0.2) is 51.1 Å². The molecule has 1 saturated heterocycles. The van der Waals surface area contributed by atoms with Gasteiger partial charge in [-0.3, -0.25) is 14.7 Å². The van der Waals surface area contributed by atoms with Gasteiger partial charge in [-0.15, -0.1) is 0 Å². The molecule has 8 heteroatoms. The highest BCUT2D eigenvalue weighted by molar-refractivity contribution is 5.96. The molecule has 1 saturated carbocycles. The number of benzene rings is 1.